The smallest absolute Gasteiger partial charge is 0.155 e. The van der Waals surface area contributed by atoms with Crippen molar-refractivity contribution in [3.05, 3.63) is 42.0 Å². The van der Waals surface area contributed by atoms with Crippen LogP contribution in [-0.4, -0.2) is 23.6 Å². The SMILES string of the molecule is CCC(C)(C)c1c(NCCCCS(=O)OC)ccc2ccccc12. The van der Waals surface area contributed by atoms with Crippen LogP contribution in [0.15, 0.2) is 36.4 Å². The van der Waals surface area contributed by atoms with Gasteiger partial charge >= 0.3 is 0 Å². The van der Waals surface area contributed by atoms with Gasteiger partial charge in [-0.25, -0.2) is 4.21 Å². The molecule has 4 heteroatoms. The molecule has 3 nitrogen and oxygen atoms in total. The van der Waals surface area contributed by atoms with Gasteiger partial charge in [0.15, 0.2) is 11.1 Å². The second-order valence-corrected chi connectivity index (χ2v) is 8.10. The molecule has 2 aromatic rings. The molecule has 0 radical (unpaired) electrons. The van der Waals surface area contributed by atoms with E-state index in [0.29, 0.717) is 5.75 Å². The number of unbranched alkanes of at least 4 members (excludes halogenated alkanes) is 1. The fourth-order valence-electron chi connectivity index (χ4n) is 2.98. The molecule has 0 amide bonds. The molecule has 2 aromatic carbocycles. The van der Waals surface area contributed by atoms with Crippen LogP contribution in [0, 0.1) is 0 Å². The lowest BCUT2D eigenvalue weighted by molar-refractivity contribution is 0.444. The summed E-state index contributed by atoms with van der Waals surface area (Å²) in [6.07, 6.45) is 2.96. The molecule has 1 atom stereocenters. The zero-order chi connectivity index (χ0) is 17.6. The topological polar surface area (TPSA) is 38.3 Å². The first-order valence-corrected chi connectivity index (χ1v) is 9.93. The van der Waals surface area contributed by atoms with Crippen LogP contribution in [0.4, 0.5) is 5.69 Å². The Hall–Kier alpha value is -1.39. The Kier molecular flexibility index (Phi) is 6.81. The number of benzene rings is 2. The lowest BCUT2D eigenvalue weighted by Gasteiger charge is -2.28. The predicted molar refractivity (Wildman–Crippen MR) is 105 cm³/mol. The third-order valence-electron chi connectivity index (χ3n) is 4.73. The van der Waals surface area contributed by atoms with Gasteiger partial charge < -0.3 is 5.32 Å². The van der Waals surface area contributed by atoms with Gasteiger partial charge in [-0.1, -0.05) is 51.1 Å². The van der Waals surface area contributed by atoms with E-state index in [1.807, 2.05) is 0 Å². The fourth-order valence-corrected chi connectivity index (χ4v) is 3.58. The van der Waals surface area contributed by atoms with Crippen LogP contribution in [0.1, 0.15) is 45.6 Å². The summed E-state index contributed by atoms with van der Waals surface area (Å²) in [5.41, 5.74) is 2.72. The number of hydrogen-bond acceptors (Lipinski definition) is 3. The number of anilines is 1. The molecular weight excluding hydrogens is 318 g/mol. The average molecular weight is 348 g/mol. The maximum Gasteiger partial charge on any atom is 0.155 e. The van der Waals surface area contributed by atoms with Crippen LogP contribution in [0.2, 0.25) is 0 Å². The Morgan fingerprint density at radius 1 is 1.12 bits per heavy atom. The van der Waals surface area contributed by atoms with Crippen molar-refractivity contribution in [2.24, 2.45) is 0 Å². The molecule has 1 unspecified atom stereocenters. The molecule has 0 aliphatic rings. The molecule has 24 heavy (non-hydrogen) atoms. The van der Waals surface area contributed by atoms with Gasteiger partial charge in [-0.15, -0.1) is 0 Å². The summed E-state index contributed by atoms with van der Waals surface area (Å²) in [6.45, 7) is 7.74. The highest BCUT2D eigenvalue weighted by atomic mass is 32.2. The van der Waals surface area contributed by atoms with Gasteiger partial charge in [0.2, 0.25) is 0 Å². The number of fused-ring (bicyclic) bond motifs is 1. The lowest BCUT2D eigenvalue weighted by Crippen LogP contribution is -2.19. The van der Waals surface area contributed by atoms with E-state index < -0.39 is 11.1 Å². The average Bonchev–Trinajstić information content (AvgIpc) is 2.60. The van der Waals surface area contributed by atoms with Gasteiger partial charge in [-0.05, 0) is 47.1 Å². The van der Waals surface area contributed by atoms with Crippen molar-refractivity contribution in [1.29, 1.82) is 0 Å². The van der Waals surface area contributed by atoms with E-state index >= 15 is 0 Å². The van der Waals surface area contributed by atoms with Crippen molar-refractivity contribution in [3.8, 4) is 0 Å². The molecule has 1 N–H and O–H groups in total. The first kappa shape index (κ1) is 18.9. The summed E-state index contributed by atoms with van der Waals surface area (Å²) >= 11 is -1.14. The van der Waals surface area contributed by atoms with Crippen molar-refractivity contribution < 1.29 is 8.39 Å². The molecule has 0 bridgehead atoms. The predicted octanol–water partition coefficient (Wildman–Crippen LogP) is 5.03. The quantitative estimate of drug-likeness (QED) is 0.647. The van der Waals surface area contributed by atoms with Crippen LogP contribution >= 0.6 is 0 Å². The molecule has 0 fully saturated rings. The fraction of sp³-hybridized carbons (Fsp3) is 0.500. The van der Waals surface area contributed by atoms with E-state index in [9.17, 15) is 4.21 Å². The Morgan fingerprint density at radius 3 is 2.58 bits per heavy atom. The molecule has 0 aliphatic heterocycles. The summed E-state index contributed by atoms with van der Waals surface area (Å²) < 4.78 is 16.1. The van der Waals surface area contributed by atoms with Crippen LogP contribution in [0.3, 0.4) is 0 Å². The molecule has 0 heterocycles. The number of rotatable bonds is 9. The van der Waals surface area contributed by atoms with Crippen molar-refractivity contribution in [1.82, 2.24) is 0 Å². The number of nitrogens with one attached hydrogen (secondary N) is 1. The molecule has 0 saturated heterocycles. The van der Waals surface area contributed by atoms with E-state index in [1.165, 1.54) is 29.1 Å². The first-order valence-electron chi connectivity index (χ1n) is 8.68. The third-order valence-corrected chi connectivity index (χ3v) is 5.72. The standard InChI is InChI=1S/C20H29NO2S/c1-5-20(2,3)19-17-11-7-6-10-16(17)12-13-18(19)21-14-8-9-15-24(22)23-4/h6-7,10-13,21H,5,8-9,14-15H2,1-4H3. The summed E-state index contributed by atoms with van der Waals surface area (Å²) in [5.74, 6) is 0.600. The highest BCUT2D eigenvalue weighted by Crippen LogP contribution is 2.38. The minimum absolute atomic E-state index is 0.112. The lowest BCUT2D eigenvalue weighted by atomic mass is 9.78. The first-order chi connectivity index (χ1) is 11.5. The molecule has 0 aromatic heterocycles. The zero-order valence-electron chi connectivity index (χ0n) is 15.2. The van der Waals surface area contributed by atoms with Gasteiger partial charge in [0.1, 0.15) is 0 Å². The van der Waals surface area contributed by atoms with Gasteiger partial charge in [0, 0.05) is 18.0 Å². The van der Waals surface area contributed by atoms with Crippen molar-refractivity contribution >= 4 is 27.5 Å². The summed E-state index contributed by atoms with van der Waals surface area (Å²) in [7, 11) is 1.49. The summed E-state index contributed by atoms with van der Waals surface area (Å²) in [5, 5.41) is 6.21. The Morgan fingerprint density at radius 2 is 1.88 bits per heavy atom. The van der Waals surface area contributed by atoms with Crippen molar-refractivity contribution in [3.63, 3.8) is 0 Å². The highest BCUT2D eigenvalue weighted by molar-refractivity contribution is 7.80. The molecule has 0 aliphatic carbocycles. The Balaban J connectivity index is 2.17. The van der Waals surface area contributed by atoms with E-state index in [4.69, 9.17) is 4.18 Å². The Labute approximate surface area is 148 Å². The summed E-state index contributed by atoms with van der Waals surface area (Å²) in [6, 6.07) is 13.0. The normalized spacial score (nSPS) is 13.2. The highest BCUT2D eigenvalue weighted by Gasteiger charge is 2.24. The maximum absolute atomic E-state index is 11.3. The maximum atomic E-state index is 11.3. The molecular formula is C20H29NO2S. The minimum Gasteiger partial charge on any atom is -0.385 e. The number of hydrogen-bond donors (Lipinski definition) is 1. The van der Waals surface area contributed by atoms with Crippen LogP contribution in [0.5, 0.6) is 0 Å². The molecule has 132 valence electrons. The zero-order valence-corrected chi connectivity index (χ0v) is 16.0. The van der Waals surface area contributed by atoms with E-state index in [1.54, 1.807) is 0 Å². The molecule has 0 saturated carbocycles. The second kappa shape index (κ2) is 8.63. The van der Waals surface area contributed by atoms with Gasteiger partial charge in [0.05, 0.1) is 7.11 Å². The van der Waals surface area contributed by atoms with Gasteiger partial charge in [-0.2, -0.15) is 0 Å². The largest absolute Gasteiger partial charge is 0.385 e. The van der Waals surface area contributed by atoms with E-state index in [-0.39, 0.29) is 5.41 Å². The van der Waals surface area contributed by atoms with Crippen LogP contribution in [-0.2, 0) is 20.7 Å². The van der Waals surface area contributed by atoms with E-state index in [0.717, 1.165) is 25.8 Å². The third kappa shape index (κ3) is 4.58. The molecule has 2 rings (SSSR count). The Bertz CT molecular complexity index is 697. The molecule has 0 spiro atoms. The van der Waals surface area contributed by atoms with Crippen LogP contribution in [0.25, 0.3) is 10.8 Å². The second-order valence-electron chi connectivity index (χ2n) is 6.76. The van der Waals surface area contributed by atoms with Gasteiger partial charge in [-0.3, -0.25) is 4.18 Å². The van der Waals surface area contributed by atoms with Crippen molar-refractivity contribution in [2.45, 2.75) is 45.4 Å². The van der Waals surface area contributed by atoms with E-state index in [2.05, 4.69) is 62.5 Å². The minimum atomic E-state index is -1.14. The van der Waals surface area contributed by atoms with Gasteiger partial charge in [0.25, 0.3) is 0 Å². The summed E-state index contributed by atoms with van der Waals surface area (Å²) in [4.78, 5) is 0. The monoisotopic (exact) mass is 347 g/mol. The van der Waals surface area contributed by atoms with Crippen molar-refractivity contribution in [2.75, 3.05) is 24.7 Å². The van der Waals surface area contributed by atoms with Crippen LogP contribution < -0.4 is 5.32 Å².